The predicted molar refractivity (Wildman–Crippen MR) is 113 cm³/mol. The second-order valence-electron chi connectivity index (χ2n) is 6.54. The Morgan fingerprint density at radius 2 is 1.54 bits per heavy atom. The number of rotatable bonds is 6. The number of hydrogen-bond acceptors (Lipinski definition) is 2. The van der Waals surface area contributed by atoms with Crippen LogP contribution in [0.2, 0.25) is 5.02 Å². The van der Waals surface area contributed by atoms with Gasteiger partial charge in [0.25, 0.3) is 11.8 Å². The molecule has 4 nitrogen and oxygen atoms in total. The highest BCUT2D eigenvalue weighted by Gasteiger charge is 2.11. The Hall–Kier alpha value is -3.11. The standard InChI is InChI=1S/C23H21ClN2O2/c1-16-4-2-7-21(14-16)26-23(28)19-6-3-5-18(15-19)22(27)25-13-12-17-8-10-20(24)11-9-17/h2-11,14-15H,12-13H2,1H3,(H,25,27)(H,26,28). The molecule has 0 aliphatic rings. The molecular weight excluding hydrogens is 372 g/mol. The molecule has 0 radical (unpaired) electrons. The molecule has 28 heavy (non-hydrogen) atoms. The first-order chi connectivity index (χ1) is 13.5. The third-order valence-corrected chi connectivity index (χ3v) is 4.53. The Morgan fingerprint density at radius 3 is 2.25 bits per heavy atom. The van der Waals surface area contributed by atoms with Crippen LogP contribution >= 0.6 is 11.6 Å². The number of benzene rings is 3. The molecule has 0 fully saturated rings. The summed E-state index contributed by atoms with van der Waals surface area (Å²) in [5, 5.41) is 6.42. The third kappa shape index (κ3) is 5.44. The largest absolute Gasteiger partial charge is 0.352 e. The molecule has 0 aromatic heterocycles. The molecule has 2 N–H and O–H groups in total. The van der Waals surface area contributed by atoms with E-state index >= 15 is 0 Å². The monoisotopic (exact) mass is 392 g/mol. The van der Waals surface area contributed by atoms with Crippen molar-refractivity contribution in [2.45, 2.75) is 13.3 Å². The zero-order valence-corrected chi connectivity index (χ0v) is 16.3. The minimum absolute atomic E-state index is 0.209. The molecule has 0 atom stereocenters. The van der Waals surface area contributed by atoms with Crippen molar-refractivity contribution in [1.29, 1.82) is 0 Å². The van der Waals surface area contributed by atoms with Crippen molar-refractivity contribution in [3.63, 3.8) is 0 Å². The van der Waals surface area contributed by atoms with Crippen LogP contribution < -0.4 is 10.6 Å². The van der Waals surface area contributed by atoms with Crippen molar-refractivity contribution >= 4 is 29.1 Å². The van der Waals surface area contributed by atoms with E-state index in [1.54, 1.807) is 24.3 Å². The van der Waals surface area contributed by atoms with Gasteiger partial charge in [0, 0.05) is 28.4 Å². The normalized spacial score (nSPS) is 10.4. The molecule has 3 aromatic carbocycles. The maximum Gasteiger partial charge on any atom is 0.255 e. The summed E-state index contributed by atoms with van der Waals surface area (Å²) in [4.78, 5) is 24.9. The van der Waals surface area contributed by atoms with Gasteiger partial charge in [-0.1, -0.05) is 41.9 Å². The van der Waals surface area contributed by atoms with Gasteiger partial charge in [-0.05, 0) is 66.9 Å². The molecule has 0 aliphatic carbocycles. The number of carbonyl (C=O) groups excluding carboxylic acids is 2. The number of halogens is 1. The molecule has 0 bridgehead atoms. The molecular formula is C23H21ClN2O2. The molecule has 0 spiro atoms. The first-order valence-electron chi connectivity index (χ1n) is 9.02. The lowest BCUT2D eigenvalue weighted by atomic mass is 10.1. The zero-order chi connectivity index (χ0) is 19.9. The van der Waals surface area contributed by atoms with Crippen molar-refractivity contribution in [3.05, 3.63) is 100 Å². The lowest BCUT2D eigenvalue weighted by Gasteiger charge is -2.09. The molecule has 3 rings (SSSR count). The number of anilines is 1. The van der Waals surface area contributed by atoms with Gasteiger partial charge in [-0.15, -0.1) is 0 Å². The molecule has 0 unspecified atom stereocenters. The van der Waals surface area contributed by atoms with E-state index in [0.29, 0.717) is 29.1 Å². The van der Waals surface area contributed by atoms with Gasteiger partial charge in [0.05, 0.1) is 0 Å². The highest BCUT2D eigenvalue weighted by Crippen LogP contribution is 2.13. The van der Waals surface area contributed by atoms with Crippen LogP contribution in [0, 0.1) is 6.92 Å². The van der Waals surface area contributed by atoms with Gasteiger partial charge < -0.3 is 10.6 Å². The molecule has 2 amide bonds. The van der Waals surface area contributed by atoms with E-state index < -0.39 is 0 Å². The average Bonchev–Trinajstić information content (AvgIpc) is 2.69. The minimum Gasteiger partial charge on any atom is -0.352 e. The van der Waals surface area contributed by atoms with Gasteiger partial charge in [-0.3, -0.25) is 9.59 Å². The van der Waals surface area contributed by atoms with Gasteiger partial charge in [-0.2, -0.15) is 0 Å². The molecule has 0 saturated heterocycles. The van der Waals surface area contributed by atoms with E-state index in [1.807, 2.05) is 55.5 Å². The van der Waals surface area contributed by atoms with Crippen molar-refractivity contribution in [1.82, 2.24) is 5.32 Å². The minimum atomic E-state index is -0.249. The van der Waals surface area contributed by atoms with Gasteiger partial charge in [0.1, 0.15) is 0 Å². The Labute approximate surface area is 169 Å². The van der Waals surface area contributed by atoms with Crippen molar-refractivity contribution < 1.29 is 9.59 Å². The summed E-state index contributed by atoms with van der Waals surface area (Å²) < 4.78 is 0. The van der Waals surface area contributed by atoms with E-state index in [0.717, 1.165) is 16.8 Å². The number of hydrogen-bond donors (Lipinski definition) is 2. The first kappa shape index (κ1) is 19.6. The number of carbonyl (C=O) groups is 2. The fraction of sp³-hybridized carbons (Fsp3) is 0.130. The Balaban J connectivity index is 1.59. The van der Waals surface area contributed by atoms with E-state index in [9.17, 15) is 9.59 Å². The molecule has 5 heteroatoms. The lowest BCUT2D eigenvalue weighted by Crippen LogP contribution is -2.26. The zero-order valence-electron chi connectivity index (χ0n) is 15.5. The van der Waals surface area contributed by atoms with E-state index in [4.69, 9.17) is 11.6 Å². The van der Waals surface area contributed by atoms with E-state index in [2.05, 4.69) is 10.6 Å². The van der Waals surface area contributed by atoms with Crippen LogP contribution in [0.4, 0.5) is 5.69 Å². The van der Waals surface area contributed by atoms with Crippen LogP contribution in [-0.2, 0) is 6.42 Å². The highest BCUT2D eigenvalue weighted by molar-refractivity contribution is 6.30. The van der Waals surface area contributed by atoms with Crippen LogP contribution in [0.25, 0.3) is 0 Å². The fourth-order valence-electron chi connectivity index (χ4n) is 2.80. The molecule has 3 aromatic rings. The van der Waals surface area contributed by atoms with Crippen molar-refractivity contribution in [2.24, 2.45) is 0 Å². The summed E-state index contributed by atoms with van der Waals surface area (Å²) in [7, 11) is 0. The lowest BCUT2D eigenvalue weighted by molar-refractivity contribution is 0.0954. The first-order valence-corrected chi connectivity index (χ1v) is 9.40. The average molecular weight is 393 g/mol. The highest BCUT2D eigenvalue weighted by atomic mass is 35.5. The Morgan fingerprint density at radius 1 is 0.857 bits per heavy atom. The summed E-state index contributed by atoms with van der Waals surface area (Å²) in [6.07, 6.45) is 0.705. The fourth-order valence-corrected chi connectivity index (χ4v) is 2.93. The van der Waals surface area contributed by atoms with Crippen molar-refractivity contribution in [3.8, 4) is 0 Å². The summed E-state index contributed by atoms with van der Waals surface area (Å²) in [6, 6.07) is 21.8. The van der Waals surface area contributed by atoms with Gasteiger partial charge in [0.2, 0.25) is 0 Å². The van der Waals surface area contributed by atoms with Crippen LogP contribution in [0.15, 0.2) is 72.8 Å². The van der Waals surface area contributed by atoms with Crippen molar-refractivity contribution in [2.75, 3.05) is 11.9 Å². The summed E-state index contributed by atoms with van der Waals surface area (Å²) >= 11 is 5.87. The second-order valence-corrected chi connectivity index (χ2v) is 6.97. The third-order valence-electron chi connectivity index (χ3n) is 4.28. The Kier molecular flexibility index (Phi) is 6.45. The number of amides is 2. The van der Waals surface area contributed by atoms with Crippen LogP contribution in [0.5, 0.6) is 0 Å². The summed E-state index contributed by atoms with van der Waals surface area (Å²) in [5.74, 6) is -0.458. The molecule has 0 saturated carbocycles. The predicted octanol–water partition coefficient (Wildman–Crippen LogP) is 4.87. The number of aryl methyl sites for hydroxylation is 1. The molecule has 142 valence electrons. The van der Waals surface area contributed by atoms with Crippen LogP contribution in [0.1, 0.15) is 31.8 Å². The summed E-state index contributed by atoms with van der Waals surface area (Å²) in [5.41, 5.74) is 3.77. The maximum absolute atomic E-state index is 12.5. The SMILES string of the molecule is Cc1cccc(NC(=O)c2cccc(C(=O)NCCc3ccc(Cl)cc3)c2)c1. The van der Waals surface area contributed by atoms with Crippen LogP contribution in [-0.4, -0.2) is 18.4 Å². The summed E-state index contributed by atoms with van der Waals surface area (Å²) in [6.45, 7) is 2.46. The second kappa shape index (κ2) is 9.20. The Bertz CT molecular complexity index is 984. The van der Waals surface area contributed by atoms with E-state index in [1.165, 1.54) is 0 Å². The molecule has 0 heterocycles. The smallest absolute Gasteiger partial charge is 0.255 e. The van der Waals surface area contributed by atoms with Crippen LogP contribution in [0.3, 0.4) is 0 Å². The van der Waals surface area contributed by atoms with Gasteiger partial charge in [-0.25, -0.2) is 0 Å². The van der Waals surface area contributed by atoms with Gasteiger partial charge >= 0.3 is 0 Å². The van der Waals surface area contributed by atoms with Gasteiger partial charge in [0.15, 0.2) is 0 Å². The quantitative estimate of drug-likeness (QED) is 0.628. The van der Waals surface area contributed by atoms with E-state index in [-0.39, 0.29) is 11.8 Å². The molecule has 0 aliphatic heterocycles. The maximum atomic E-state index is 12.5. The topological polar surface area (TPSA) is 58.2 Å². The number of nitrogens with one attached hydrogen (secondary N) is 2.